The summed E-state index contributed by atoms with van der Waals surface area (Å²) in [6.45, 7) is 0.268. The average molecular weight is 473 g/mol. The van der Waals surface area contributed by atoms with Crippen LogP contribution in [0.25, 0.3) is 10.9 Å². The molecule has 34 heavy (non-hydrogen) atoms. The van der Waals surface area contributed by atoms with E-state index >= 15 is 0 Å². The van der Waals surface area contributed by atoms with Gasteiger partial charge in [0.05, 0.1) is 34.0 Å². The van der Waals surface area contributed by atoms with Gasteiger partial charge in [0, 0.05) is 17.1 Å². The number of methoxy groups -OCH3 is 3. The molecule has 1 aromatic heterocycles. The van der Waals surface area contributed by atoms with Crippen LogP contribution in [0.15, 0.2) is 36.5 Å². The van der Waals surface area contributed by atoms with E-state index in [9.17, 15) is 15.3 Å². The third-order valence-corrected chi connectivity index (χ3v) is 6.31. The van der Waals surface area contributed by atoms with Crippen molar-refractivity contribution in [3.8, 4) is 17.2 Å². The largest absolute Gasteiger partial charge is 0.493 e. The second-order valence-corrected chi connectivity index (χ2v) is 8.49. The predicted molar refractivity (Wildman–Crippen MR) is 125 cm³/mol. The van der Waals surface area contributed by atoms with E-state index in [0.717, 1.165) is 31.1 Å². The maximum atomic E-state index is 11.4. The van der Waals surface area contributed by atoms with Gasteiger partial charge in [-0.1, -0.05) is 31.0 Å². The minimum absolute atomic E-state index is 0.0569. The number of aliphatic hydroxyl groups is 3. The van der Waals surface area contributed by atoms with Gasteiger partial charge in [-0.25, -0.2) is 0 Å². The molecule has 0 aliphatic heterocycles. The summed E-state index contributed by atoms with van der Waals surface area (Å²) in [6, 6.07) is 8.67. The summed E-state index contributed by atoms with van der Waals surface area (Å²) >= 11 is 0. The molecular weight excluding hydrogens is 440 g/mol. The van der Waals surface area contributed by atoms with Crippen molar-refractivity contribution in [2.75, 3.05) is 21.3 Å². The van der Waals surface area contributed by atoms with Crippen LogP contribution in [0.5, 0.6) is 17.2 Å². The number of aromatic nitrogens is 2. The molecule has 0 amide bonds. The summed E-state index contributed by atoms with van der Waals surface area (Å²) < 4.78 is 24.4. The summed E-state index contributed by atoms with van der Waals surface area (Å²) in [5.74, 6) is 1.34. The van der Waals surface area contributed by atoms with Crippen molar-refractivity contribution >= 4 is 10.9 Å². The normalized spacial score (nSPS) is 16.2. The standard InChI is InChI=1S/C25H32N2O7/c1-31-19-11-16(12-20(32-2)24(19)33-3)23(28)21(34-17-8-4-5-9-17)14-27-13-15-7-6-10-18(25(29)30)22(15)26-27/h6-7,10-13,17,21,23,25,28-30H,4-5,8-9,14H2,1-3H3/t21-,23+/m0/s1. The maximum Gasteiger partial charge on any atom is 0.203 e. The number of benzene rings is 2. The van der Waals surface area contributed by atoms with E-state index in [1.54, 1.807) is 28.9 Å². The Hall–Kier alpha value is -2.85. The monoisotopic (exact) mass is 472 g/mol. The molecule has 0 spiro atoms. The lowest BCUT2D eigenvalue weighted by Gasteiger charge is -2.27. The molecule has 3 aromatic rings. The average Bonchev–Trinajstić information content (AvgIpc) is 3.51. The van der Waals surface area contributed by atoms with Gasteiger partial charge in [0.2, 0.25) is 5.75 Å². The third-order valence-electron chi connectivity index (χ3n) is 6.31. The summed E-state index contributed by atoms with van der Waals surface area (Å²) in [7, 11) is 4.59. The highest BCUT2D eigenvalue weighted by molar-refractivity contribution is 5.81. The van der Waals surface area contributed by atoms with E-state index < -0.39 is 18.5 Å². The fraction of sp³-hybridized carbons (Fsp3) is 0.480. The molecule has 4 rings (SSSR count). The molecule has 9 nitrogen and oxygen atoms in total. The van der Waals surface area contributed by atoms with Gasteiger partial charge in [-0.15, -0.1) is 0 Å². The van der Waals surface area contributed by atoms with Crippen molar-refractivity contribution in [2.45, 2.75) is 56.8 Å². The Labute approximate surface area is 198 Å². The summed E-state index contributed by atoms with van der Waals surface area (Å²) in [5, 5.41) is 36.1. The first-order valence-electron chi connectivity index (χ1n) is 11.4. The first-order valence-corrected chi connectivity index (χ1v) is 11.4. The van der Waals surface area contributed by atoms with E-state index in [4.69, 9.17) is 18.9 Å². The molecule has 0 radical (unpaired) electrons. The summed E-state index contributed by atoms with van der Waals surface area (Å²) in [5.41, 5.74) is 1.40. The van der Waals surface area contributed by atoms with Crippen LogP contribution in [0, 0.1) is 0 Å². The van der Waals surface area contributed by atoms with E-state index in [1.165, 1.54) is 21.3 Å². The van der Waals surface area contributed by atoms with Crippen molar-refractivity contribution in [3.63, 3.8) is 0 Å². The number of hydrogen-bond donors (Lipinski definition) is 3. The molecule has 0 saturated heterocycles. The van der Waals surface area contributed by atoms with Gasteiger partial charge in [0.15, 0.2) is 17.8 Å². The Morgan fingerprint density at radius 2 is 1.68 bits per heavy atom. The molecule has 3 N–H and O–H groups in total. The molecule has 1 aliphatic rings. The Bertz CT molecular complexity index is 1080. The molecule has 184 valence electrons. The lowest BCUT2D eigenvalue weighted by atomic mass is 10.0. The van der Waals surface area contributed by atoms with Crippen molar-refractivity contribution in [2.24, 2.45) is 0 Å². The summed E-state index contributed by atoms with van der Waals surface area (Å²) in [6.07, 6.45) is 2.73. The van der Waals surface area contributed by atoms with Crippen LogP contribution in [0.4, 0.5) is 0 Å². The number of nitrogens with zero attached hydrogens (tertiary/aromatic N) is 2. The quantitative estimate of drug-likeness (QED) is 0.386. The second kappa shape index (κ2) is 10.6. The second-order valence-electron chi connectivity index (χ2n) is 8.49. The van der Waals surface area contributed by atoms with Crippen molar-refractivity contribution in [1.29, 1.82) is 0 Å². The molecule has 1 aliphatic carbocycles. The summed E-state index contributed by atoms with van der Waals surface area (Å²) in [4.78, 5) is 0. The molecule has 2 aromatic carbocycles. The number of hydrogen-bond acceptors (Lipinski definition) is 8. The highest BCUT2D eigenvalue weighted by atomic mass is 16.5. The van der Waals surface area contributed by atoms with Crippen LogP contribution in [-0.4, -0.2) is 58.6 Å². The Morgan fingerprint density at radius 3 is 2.26 bits per heavy atom. The van der Waals surface area contributed by atoms with Crippen LogP contribution in [-0.2, 0) is 11.3 Å². The Kier molecular flexibility index (Phi) is 7.57. The van der Waals surface area contributed by atoms with Crippen LogP contribution >= 0.6 is 0 Å². The van der Waals surface area contributed by atoms with Crippen molar-refractivity contribution < 1.29 is 34.3 Å². The number of aliphatic hydroxyl groups excluding tert-OH is 2. The highest BCUT2D eigenvalue weighted by Crippen LogP contribution is 2.41. The minimum Gasteiger partial charge on any atom is -0.493 e. The lowest BCUT2D eigenvalue weighted by Crippen LogP contribution is -2.31. The predicted octanol–water partition coefficient (Wildman–Crippen LogP) is 3.11. The van der Waals surface area contributed by atoms with E-state index in [1.807, 2.05) is 12.3 Å². The van der Waals surface area contributed by atoms with Crippen LogP contribution in [0.3, 0.4) is 0 Å². The Balaban J connectivity index is 1.68. The zero-order valence-corrected chi connectivity index (χ0v) is 19.7. The van der Waals surface area contributed by atoms with Crippen molar-refractivity contribution in [1.82, 2.24) is 9.78 Å². The fourth-order valence-corrected chi connectivity index (χ4v) is 4.58. The van der Waals surface area contributed by atoms with Crippen LogP contribution < -0.4 is 14.2 Å². The lowest BCUT2D eigenvalue weighted by molar-refractivity contribution is -0.0845. The highest BCUT2D eigenvalue weighted by Gasteiger charge is 2.30. The van der Waals surface area contributed by atoms with Gasteiger partial charge in [-0.05, 0) is 30.5 Å². The van der Waals surface area contributed by atoms with Gasteiger partial charge in [-0.2, -0.15) is 5.10 Å². The third kappa shape index (κ3) is 4.97. The van der Waals surface area contributed by atoms with E-state index in [-0.39, 0.29) is 12.6 Å². The SMILES string of the molecule is COc1cc([C@@H](O)[C@H](Cn2cc3cccc(C(O)O)c3n2)OC2CCCC2)cc(OC)c1OC. The zero-order chi connectivity index (χ0) is 24.2. The molecule has 1 fully saturated rings. The van der Waals surface area contributed by atoms with Gasteiger partial charge in [0.1, 0.15) is 17.7 Å². The molecule has 9 heteroatoms. The molecule has 1 saturated carbocycles. The number of rotatable bonds is 10. The molecule has 2 atom stereocenters. The molecule has 0 unspecified atom stereocenters. The molecule has 0 bridgehead atoms. The Morgan fingerprint density at radius 1 is 1.00 bits per heavy atom. The van der Waals surface area contributed by atoms with Gasteiger partial charge in [0.25, 0.3) is 0 Å². The van der Waals surface area contributed by atoms with Gasteiger partial charge in [-0.3, -0.25) is 4.68 Å². The minimum atomic E-state index is -1.62. The topological polar surface area (TPSA) is 115 Å². The van der Waals surface area contributed by atoms with E-state index in [0.29, 0.717) is 33.9 Å². The van der Waals surface area contributed by atoms with Crippen LogP contribution in [0.1, 0.15) is 49.2 Å². The maximum absolute atomic E-state index is 11.4. The van der Waals surface area contributed by atoms with Crippen molar-refractivity contribution in [3.05, 3.63) is 47.7 Å². The number of fused-ring (bicyclic) bond motifs is 1. The zero-order valence-electron chi connectivity index (χ0n) is 19.7. The smallest absolute Gasteiger partial charge is 0.203 e. The first kappa shape index (κ1) is 24.3. The fourth-order valence-electron chi connectivity index (χ4n) is 4.58. The van der Waals surface area contributed by atoms with Gasteiger partial charge < -0.3 is 34.3 Å². The first-order chi connectivity index (χ1) is 16.4. The molecule has 1 heterocycles. The number of ether oxygens (including phenoxy) is 4. The van der Waals surface area contributed by atoms with Gasteiger partial charge >= 0.3 is 0 Å². The van der Waals surface area contributed by atoms with Crippen LogP contribution in [0.2, 0.25) is 0 Å². The molecular formula is C25H32N2O7. The van der Waals surface area contributed by atoms with E-state index in [2.05, 4.69) is 5.10 Å².